The number of nitrogens with zero attached hydrogens (tertiary/aromatic N) is 1. The topological polar surface area (TPSA) is 58.6 Å². The summed E-state index contributed by atoms with van der Waals surface area (Å²) in [6, 6.07) is 7.54. The van der Waals surface area contributed by atoms with Gasteiger partial charge in [0.1, 0.15) is 0 Å². The molecule has 1 aliphatic rings. The number of halogens is 1. The van der Waals surface area contributed by atoms with E-state index in [9.17, 15) is 8.42 Å². The molecule has 5 nitrogen and oxygen atoms in total. The van der Waals surface area contributed by atoms with E-state index >= 15 is 0 Å². The molecule has 0 radical (unpaired) electrons. The Labute approximate surface area is 131 Å². The van der Waals surface area contributed by atoms with Crippen LogP contribution < -0.4 is 4.72 Å². The van der Waals surface area contributed by atoms with Gasteiger partial charge < -0.3 is 4.74 Å². The molecule has 0 bridgehead atoms. The smallest absolute Gasteiger partial charge is 0.211 e. The molecule has 0 amide bonds. The molecule has 0 saturated carbocycles. The molecule has 1 aromatic rings. The molecule has 2 rings (SSSR count). The Morgan fingerprint density at radius 2 is 2.10 bits per heavy atom. The molecule has 1 aliphatic heterocycles. The summed E-state index contributed by atoms with van der Waals surface area (Å²) in [5, 5.41) is 0.657. The average molecular weight is 333 g/mol. The molecule has 0 spiro atoms. The fourth-order valence-electron chi connectivity index (χ4n) is 2.37. The fraction of sp³-hybridized carbons (Fsp3) is 0.571. The molecule has 1 unspecified atom stereocenters. The summed E-state index contributed by atoms with van der Waals surface area (Å²) in [5.74, 6) is 0.0817. The highest BCUT2D eigenvalue weighted by Crippen LogP contribution is 2.24. The van der Waals surface area contributed by atoms with Crippen LogP contribution in [0.2, 0.25) is 5.02 Å². The quantitative estimate of drug-likeness (QED) is 0.860. The van der Waals surface area contributed by atoms with Gasteiger partial charge in [-0.1, -0.05) is 23.7 Å². The Balaban J connectivity index is 2.17. The number of ether oxygens (including phenoxy) is 1. The summed E-state index contributed by atoms with van der Waals surface area (Å²) >= 11 is 6.06. The lowest BCUT2D eigenvalue weighted by atomic mass is 10.1. The van der Waals surface area contributed by atoms with Crippen LogP contribution in [0.5, 0.6) is 0 Å². The van der Waals surface area contributed by atoms with Crippen molar-refractivity contribution in [2.24, 2.45) is 0 Å². The van der Waals surface area contributed by atoms with Gasteiger partial charge >= 0.3 is 0 Å². The largest absolute Gasteiger partial charge is 0.379 e. The zero-order valence-corrected chi connectivity index (χ0v) is 13.7. The summed E-state index contributed by atoms with van der Waals surface area (Å²) in [6.45, 7) is 4.87. The Hall–Kier alpha value is -0.660. The van der Waals surface area contributed by atoms with Gasteiger partial charge in [-0.25, -0.2) is 13.1 Å². The minimum atomic E-state index is -3.21. The van der Waals surface area contributed by atoms with E-state index in [0.29, 0.717) is 24.8 Å². The summed E-state index contributed by atoms with van der Waals surface area (Å²) in [5.41, 5.74) is 1.02. The first-order valence-corrected chi connectivity index (χ1v) is 9.09. The van der Waals surface area contributed by atoms with Crippen LogP contribution in [0.25, 0.3) is 0 Å². The van der Waals surface area contributed by atoms with Crippen molar-refractivity contribution < 1.29 is 13.2 Å². The van der Waals surface area contributed by atoms with Gasteiger partial charge in [-0.2, -0.15) is 0 Å². The molecule has 1 aromatic carbocycles. The molecule has 0 aliphatic carbocycles. The van der Waals surface area contributed by atoms with Crippen LogP contribution in [0.1, 0.15) is 18.5 Å². The maximum Gasteiger partial charge on any atom is 0.211 e. The van der Waals surface area contributed by atoms with Gasteiger partial charge in [0.25, 0.3) is 0 Å². The monoisotopic (exact) mass is 332 g/mol. The van der Waals surface area contributed by atoms with Crippen molar-refractivity contribution in [3.8, 4) is 0 Å². The molecule has 21 heavy (non-hydrogen) atoms. The standard InChI is InChI=1S/C14H21ClN2O3S/c1-2-21(18,19)16-11-14(17-6-8-20-9-7-17)12-4-3-5-13(15)10-12/h3-5,10,14,16H,2,6-9,11H2,1H3. The lowest BCUT2D eigenvalue weighted by molar-refractivity contribution is 0.0172. The summed E-state index contributed by atoms with van der Waals surface area (Å²) in [6.07, 6.45) is 0. The highest BCUT2D eigenvalue weighted by atomic mass is 35.5. The molecule has 118 valence electrons. The molecule has 1 saturated heterocycles. The minimum absolute atomic E-state index is 0.0334. The lowest BCUT2D eigenvalue weighted by Crippen LogP contribution is -2.44. The van der Waals surface area contributed by atoms with E-state index in [4.69, 9.17) is 16.3 Å². The van der Waals surface area contributed by atoms with Crippen LogP contribution in [0.15, 0.2) is 24.3 Å². The van der Waals surface area contributed by atoms with E-state index in [2.05, 4.69) is 9.62 Å². The number of nitrogens with one attached hydrogen (secondary N) is 1. The zero-order valence-electron chi connectivity index (χ0n) is 12.1. The Kier molecular flexibility index (Phi) is 6.01. The van der Waals surface area contributed by atoms with Crippen LogP contribution in [0, 0.1) is 0 Å². The van der Waals surface area contributed by atoms with Crippen molar-refractivity contribution in [3.05, 3.63) is 34.9 Å². The van der Waals surface area contributed by atoms with Gasteiger partial charge in [0, 0.05) is 30.7 Å². The van der Waals surface area contributed by atoms with Crippen LogP contribution in [-0.2, 0) is 14.8 Å². The van der Waals surface area contributed by atoms with Crippen molar-refractivity contribution in [2.45, 2.75) is 13.0 Å². The lowest BCUT2D eigenvalue weighted by Gasteiger charge is -2.35. The Morgan fingerprint density at radius 3 is 2.71 bits per heavy atom. The van der Waals surface area contributed by atoms with E-state index in [0.717, 1.165) is 18.7 Å². The van der Waals surface area contributed by atoms with Gasteiger partial charge in [-0.3, -0.25) is 4.90 Å². The highest BCUT2D eigenvalue weighted by Gasteiger charge is 2.24. The van der Waals surface area contributed by atoms with Crippen molar-refractivity contribution >= 4 is 21.6 Å². The maximum atomic E-state index is 11.7. The SMILES string of the molecule is CCS(=O)(=O)NCC(c1cccc(Cl)c1)N1CCOCC1. The van der Waals surface area contributed by atoms with Crippen LogP contribution in [0.4, 0.5) is 0 Å². The summed E-state index contributed by atoms with van der Waals surface area (Å²) < 4.78 is 31.4. The van der Waals surface area contributed by atoms with Gasteiger partial charge in [0.15, 0.2) is 0 Å². The number of morpholine rings is 1. The molecule has 7 heteroatoms. The van der Waals surface area contributed by atoms with Crippen LogP contribution >= 0.6 is 11.6 Å². The minimum Gasteiger partial charge on any atom is -0.379 e. The molecule has 1 fully saturated rings. The second-order valence-corrected chi connectivity index (χ2v) is 7.50. The first-order valence-electron chi connectivity index (χ1n) is 7.06. The van der Waals surface area contributed by atoms with Gasteiger partial charge in [-0.15, -0.1) is 0 Å². The van der Waals surface area contributed by atoms with Gasteiger partial charge in [0.2, 0.25) is 10.0 Å². The Bertz CT molecular complexity index is 559. The number of sulfonamides is 1. The van der Waals surface area contributed by atoms with E-state index in [1.54, 1.807) is 6.92 Å². The van der Waals surface area contributed by atoms with Crippen molar-refractivity contribution in [2.75, 3.05) is 38.6 Å². The highest BCUT2D eigenvalue weighted by molar-refractivity contribution is 7.89. The van der Waals surface area contributed by atoms with Crippen LogP contribution in [-0.4, -0.2) is 51.9 Å². The van der Waals surface area contributed by atoms with Gasteiger partial charge in [0.05, 0.1) is 19.0 Å². The van der Waals surface area contributed by atoms with Crippen LogP contribution in [0.3, 0.4) is 0 Å². The molecule has 1 atom stereocenters. The third kappa shape index (κ3) is 4.93. The van der Waals surface area contributed by atoms with E-state index in [-0.39, 0.29) is 11.8 Å². The third-order valence-corrected chi connectivity index (χ3v) is 5.20. The van der Waals surface area contributed by atoms with E-state index in [1.165, 1.54) is 0 Å². The maximum absolute atomic E-state index is 11.7. The number of rotatable bonds is 6. The third-order valence-electron chi connectivity index (χ3n) is 3.60. The van der Waals surface area contributed by atoms with Crippen molar-refractivity contribution in [3.63, 3.8) is 0 Å². The predicted octanol–water partition coefficient (Wildman–Crippen LogP) is 1.65. The summed E-state index contributed by atoms with van der Waals surface area (Å²) in [7, 11) is -3.21. The zero-order chi connectivity index (χ0) is 15.3. The summed E-state index contributed by atoms with van der Waals surface area (Å²) in [4.78, 5) is 2.23. The normalized spacial score (nSPS) is 18.6. The Morgan fingerprint density at radius 1 is 1.38 bits per heavy atom. The van der Waals surface area contributed by atoms with Gasteiger partial charge in [-0.05, 0) is 24.6 Å². The molecule has 1 heterocycles. The number of hydrogen-bond acceptors (Lipinski definition) is 4. The van der Waals surface area contributed by atoms with Crippen molar-refractivity contribution in [1.82, 2.24) is 9.62 Å². The van der Waals surface area contributed by atoms with E-state index in [1.807, 2.05) is 24.3 Å². The number of hydrogen-bond donors (Lipinski definition) is 1. The molecule has 0 aromatic heterocycles. The second-order valence-electron chi connectivity index (χ2n) is 4.97. The first-order chi connectivity index (χ1) is 10.0. The second kappa shape index (κ2) is 7.56. The van der Waals surface area contributed by atoms with E-state index < -0.39 is 10.0 Å². The number of benzene rings is 1. The molecular formula is C14H21ClN2O3S. The molecular weight excluding hydrogens is 312 g/mol. The predicted molar refractivity (Wildman–Crippen MR) is 84.0 cm³/mol. The molecule has 1 N–H and O–H groups in total. The first kappa shape index (κ1) is 16.7. The van der Waals surface area contributed by atoms with Crippen molar-refractivity contribution in [1.29, 1.82) is 0 Å². The fourth-order valence-corrected chi connectivity index (χ4v) is 3.18. The average Bonchev–Trinajstić information content (AvgIpc) is 2.48.